The number of aliphatic hydroxyl groups is 2. The van der Waals surface area contributed by atoms with Crippen LogP contribution in [0.15, 0.2) is 12.2 Å². The Bertz CT molecular complexity index is 279. The number of fused-ring (bicyclic) bond motifs is 2. The van der Waals surface area contributed by atoms with Gasteiger partial charge in [0.1, 0.15) is 24.4 Å². The molecule has 2 bridgehead atoms. The zero-order chi connectivity index (χ0) is 10.3. The van der Waals surface area contributed by atoms with Gasteiger partial charge in [0.15, 0.2) is 0 Å². The van der Waals surface area contributed by atoms with Crippen molar-refractivity contribution in [3.05, 3.63) is 12.2 Å². The molecule has 0 aromatic heterocycles. The minimum Gasteiger partial charge on any atom is -0.451 e. The standard InChI is InChI=1S/C8H11NO5/c1-13-8(12)9-4-2-3-5(14-9)7(11)6(4)10/h2-7,10-11H,1H3/t4?,5?,6-,7+/m0/s1. The van der Waals surface area contributed by atoms with Crippen molar-refractivity contribution in [3.8, 4) is 0 Å². The van der Waals surface area contributed by atoms with Gasteiger partial charge in [0.05, 0.1) is 7.11 Å². The van der Waals surface area contributed by atoms with Crippen molar-refractivity contribution in [2.45, 2.75) is 24.4 Å². The van der Waals surface area contributed by atoms with Crippen molar-refractivity contribution in [2.24, 2.45) is 0 Å². The average molecular weight is 201 g/mol. The molecule has 2 unspecified atom stereocenters. The molecule has 6 nitrogen and oxygen atoms in total. The Labute approximate surface area is 80.3 Å². The molecule has 0 aromatic carbocycles. The molecule has 78 valence electrons. The van der Waals surface area contributed by atoms with Crippen molar-refractivity contribution >= 4 is 6.09 Å². The van der Waals surface area contributed by atoms with Gasteiger partial charge in [-0.25, -0.2) is 4.79 Å². The number of aliphatic hydroxyl groups excluding tert-OH is 2. The first-order valence-corrected chi connectivity index (χ1v) is 4.23. The molecule has 2 N–H and O–H groups in total. The monoisotopic (exact) mass is 201 g/mol. The molecule has 1 aliphatic carbocycles. The van der Waals surface area contributed by atoms with Crippen LogP contribution >= 0.6 is 0 Å². The molecule has 1 amide bonds. The number of hydrogen-bond acceptors (Lipinski definition) is 5. The molecular weight excluding hydrogens is 190 g/mol. The third kappa shape index (κ3) is 1.19. The lowest BCUT2D eigenvalue weighted by Gasteiger charge is -2.44. The van der Waals surface area contributed by atoms with E-state index in [9.17, 15) is 15.0 Å². The van der Waals surface area contributed by atoms with Crippen LogP contribution in [0.25, 0.3) is 0 Å². The molecule has 1 saturated heterocycles. The lowest BCUT2D eigenvalue weighted by Crippen LogP contribution is -2.62. The predicted molar refractivity (Wildman–Crippen MR) is 44.1 cm³/mol. The molecule has 4 atom stereocenters. The fraction of sp³-hybridized carbons (Fsp3) is 0.625. The zero-order valence-corrected chi connectivity index (χ0v) is 7.53. The van der Waals surface area contributed by atoms with Gasteiger partial charge < -0.3 is 14.9 Å². The van der Waals surface area contributed by atoms with Gasteiger partial charge >= 0.3 is 6.09 Å². The summed E-state index contributed by atoms with van der Waals surface area (Å²) in [6.07, 6.45) is -0.169. The highest BCUT2D eigenvalue weighted by molar-refractivity contribution is 5.67. The first kappa shape index (κ1) is 9.45. The smallest absolute Gasteiger partial charge is 0.434 e. The largest absolute Gasteiger partial charge is 0.451 e. The molecule has 3 rings (SSSR count). The van der Waals surface area contributed by atoms with E-state index in [1.165, 1.54) is 7.11 Å². The van der Waals surface area contributed by atoms with Gasteiger partial charge in [0.25, 0.3) is 0 Å². The quantitative estimate of drug-likeness (QED) is 0.493. The van der Waals surface area contributed by atoms with Crippen LogP contribution in [-0.2, 0) is 9.57 Å². The number of amides is 1. The lowest BCUT2D eigenvalue weighted by molar-refractivity contribution is -0.271. The van der Waals surface area contributed by atoms with E-state index in [-0.39, 0.29) is 0 Å². The number of rotatable bonds is 0. The van der Waals surface area contributed by atoms with Crippen LogP contribution in [0.2, 0.25) is 0 Å². The number of carbonyl (C=O) groups excluding carboxylic acids is 1. The van der Waals surface area contributed by atoms with Crippen LogP contribution in [0.1, 0.15) is 0 Å². The summed E-state index contributed by atoms with van der Waals surface area (Å²) in [7, 11) is 1.22. The average Bonchev–Trinajstić information content (AvgIpc) is 2.23. The number of hydrogen-bond donors (Lipinski definition) is 2. The van der Waals surface area contributed by atoms with Crippen molar-refractivity contribution < 1.29 is 24.6 Å². The van der Waals surface area contributed by atoms with Crippen LogP contribution in [0, 0.1) is 0 Å². The van der Waals surface area contributed by atoms with Gasteiger partial charge in [-0.05, 0) is 0 Å². The molecule has 1 fully saturated rings. The van der Waals surface area contributed by atoms with Crippen LogP contribution < -0.4 is 0 Å². The summed E-state index contributed by atoms with van der Waals surface area (Å²) in [5, 5.41) is 19.9. The molecule has 14 heavy (non-hydrogen) atoms. The number of carbonyl (C=O) groups is 1. The normalized spacial score (nSPS) is 40.1. The highest BCUT2D eigenvalue weighted by atomic mass is 16.7. The molecule has 0 aromatic rings. The van der Waals surface area contributed by atoms with E-state index in [0.717, 1.165) is 5.06 Å². The Morgan fingerprint density at radius 1 is 1.43 bits per heavy atom. The van der Waals surface area contributed by atoms with Crippen molar-refractivity contribution in [2.75, 3.05) is 7.11 Å². The Morgan fingerprint density at radius 3 is 2.71 bits per heavy atom. The summed E-state index contributed by atoms with van der Waals surface area (Å²) in [6, 6.07) is -0.678. The second-order valence-electron chi connectivity index (χ2n) is 3.22. The van der Waals surface area contributed by atoms with E-state index < -0.39 is 30.4 Å². The van der Waals surface area contributed by atoms with Gasteiger partial charge in [0, 0.05) is 0 Å². The van der Waals surface area contributed by atoms with E-state index in [4.69, 9.17) is 4.84 Å². The fourth-order valence-electron chi connectivity index (χ4n) is 1.62. The van der Waals surface area contributed by atoms with E-state index in [1.807, 2.05) is 0 Å². The summed E-state index contributed by atoms with van der Waals surface area (Å²) >= 11 is 0. The maximum Gasteiger partial charge on any atom is 0.434 e. The van der Waals surface area contributed by atoms with E-state index in [0.29, 0.717) is 0 Å². The van der Waals surface area contributed by atoms with Gasteiger partial charge in [-0.15, -0.1) is 0 Å². The minimum absolute atomic E-state index is 0.678. The Morgan fingerprint density at radius 2 is 2.14 bits per heavy atom. The Kier molecular flexibility index (Phi) is 2.18. The predicted octanol–water partition coefficient (Wildman–Crippen LogP) is -0.971. The molecule has 2 aliphatic heterocycles. The molecular formula is C8H11NO5. The highest BCUT2D eigenvalue weighted by Crippen LogP contribution is 2.28. The van der Waals surface area contributed by atoms with Gasteiger partial charge in [-0.3, -0.25) is 4.84 Å². The number of hydroxylamine groups is 2. The number of methoxy groups -OCH3 is 1. The third-order valence-electron chi connectivity index (χ3n) is 2.40. The van der Waals surface area contributed by atoms with Crippen LogP contribution in [0.3, 0.4) is 0 Å². The SMILES string of the molecule is COC(=O)N1OC2C=CC1[C@H](O)[C@@H]2O. The lowest BCUT2D eigenvalue weighted by atomic mass is 9.92. The maximum atomic E-state index is 11.2. The van der Waals surface area contributed by atoms with E-state index >= 15 is 0 Å². The van der Waals surface area contributed by atoms with Crippen LogP contribution in [-0.4, -0.2) is 52.8 Å². The topological polar surface area (TPSA) is 79.2 Å². The molecule has 0 spiro atoms. The molecule has 0 radical (unpaired) electrons. The van der Waals surface area contributed by atoms with Crippen molar-refractivity contribution in [1.82, 2.24) is 5.06 Å². The summed E-state index contributed by atoms with van der Waals surface area (Å²) < 4.78 is 4.46. The summed E-state index contributed by atoms with van der Waals surface area (Å²) in [4.78, 5) is 16.2. The van der Waals surface area contributed by atoms with Gasteiger partial charge in [-0.1, -0.05) is 12.2 Å². The number of ether oxygens (including phenoxy) is 1. The Balaban J connectivity index is 2.21. The van der Waals surface area contributed by atoms with E-state index in [1.54, 1.807) is 12.2 Å². The Hall–Kier alpha value is -1.11. The highest BCUT2D eigenvalue weighted by Gasteiger charge is 2.47. The first-order chi connectivity index (χ1) is 6.65. The molecule has 0 saturated carbocycles. The third-order valence-corrected chi connectivity index (χ3v) is 2.40. The first-order valence-electron chi connectivity index (χ1n) is 4.23. The molecule has 6 heteroatoms. The molecule has 2 heterocycles. The molecule has 3 aliphatic rings. The number of nitrogens with zero attached hydrogens (tertiary/aromatic N) is 1. The maximum absolute atomic E-state index is 11.2. The fourth-order valence-corrected chi connectivity index (χ4v) is 1.62. The summed E-state index contributed by atoms with van der Waals surface area (Å²) in [5.74, 6) is 0. The van der Waals surface area contributed by atoms with Crippen LogP contribution in [0.4, 0.5) is 4.79 Å². The minimum atomic E-state index is -1.03. The van der Waals surface area contributed by atoms with Crippen LogP contribution in [0.5, 0.6) is 0 Å². The summed E-state index contributed by atoms with van der Waals surface area (Å²) in [5.41, 5.74) is 0. The van der Waals surface area contributed by atoms with Gasteiger partial charge in [0.2, 0.25) is 0 Å². The second-order valence-corrected chi connectivity index (χ2v) is 3.22. The van der Waals surface area contributed by atoms with Crippen molar-refractivity contribution in [3.63, 3.8) is 0 Å². The van der Waals surface area contributed by atoms with Crippen molar-refractivity contribution in [1.29, 1.82) is 0 Å². The zero-order valence-electron chi connectivity index (χ0n) is 7.53. The summed E-state index contributed by atoms with van der Waals surface area (Å²) in [6.45, 7) is 0. The van der Waals surface area contributed by atoms with Gasteiger partial charge in [-0.2, -0.15) is 5.06 Å². The second kappa shape index (κ2) is 3.23. The van der Waals surface area contributed by atoms with E-state index in [2.05, 4.69) is 4.74 Å².